The number of aromatic nitrogens is 3. The first-order chi connectivity index (χ1) is 14.4. The number of likely N-dealkylation sites (tertiary alicyclic amines) is 1. The van der Waals surface area contributed by atoms with Gasteiger partial charge in [0.1, 0.15) is 11.4 Å². The molecule has 4 rings (SSSR count). The lowest BCUT2D eigenvalue weighted by Crippen LogP contribution is -2.43. The third-order valence-electron chi connectivity index (χ3n) is 5.64. The first-order valence-corrected chi connectivity index (χ1v) is 10.1. The van der Waals surface area contributed by atoms with E-state index in [1.165, 1.54) is 6.07 Å². The lowest BCUT2D eigenvalue weighted by atomic mass is 9.95. The van der Waals surface area contributed by atoms with Crippen LogP contribution in [0.2, 0.25) is 0 Å². The van der Waals surface area contributed by atoms with Crippen LogP contribution < -0.4 is 5.32 Å². The molecule has 1 N–H and O–H groups in total. The minimum absolute atomic E-state index is 0.0584. The zero-order valence-corrected chi connectivity index (χ0v) is 17.1. The molecule has 156 valence electrons. The zero-order chi connectivity index (χ0) is 21.3. The minimum atomic E-state index is -0.272. The van der Waals surface area contributed by atoms with Gasteiger partial charge in [-0.2, -0.15) is 5.10 Å². The minimum Gasteiger partial charge on any atom is -0.352 e. The number of carbonyl (C=O) groups is 2. The Labute approximate surface area is 173 Å². The first kappa shape index (κ1) is 20.0. The van der Waals surface area contributed by atoms with Crippen LogP contribution in [0.4, 0.5) is 4.39 Å². The van der Waals surface area contributed by atoms with Crippen LogP contribution in [0.25, 0.3) is 5.65 Å². The molecule has 8 heteroatoms. The molecule has 7 nitrogen and oxygen atoms in total. The number of piperidine rings is 1. The number of rotatable bonds is 4. The van der Waals surface area contributed by atoms with Crippen molar-refractivity contribution in [1.29, 1.82) is 0 Å². The number of aryl methyl sites for hydroxylation is 2. The number of fused-ring (bicyclic) bond motifs is 1. The second-order valence-electron chi connectivity index (χ2n) is 7.72. The van der Waals surface area contributed by atoms with Crippen molar-refractivity contribution in [2.24, 2.45) is 5.92 Å². The average molecular weight is 409 g/mol. The number of nitrogens with zero attached hydrogens (tertiary/aromatic N) is 4. The van der Waals surface area contributed by atoms with Gasteiger partial charge in [-0.05, 0) is 49.9 Å². The largest absolute Gasteiger partial charge is 0.352 e. The van der Waals surface area contributed by atoms with Crippen LogP contribution in [0.3, 0.4) is 0 Å². The molecular formula is C22H24FN5O2. The van der Waals surface area contributed by atoms with E-state index in [1.807, 2.05) is 6.07 Å². The van der Waals surface area contributed by atoms with Gasteiger partial charge < -0.3 is 10.2 Å². The van der Waals surface area contributed by atoms with Crippen LogP contribution in [0.15, 0.2) is 36.7 Å². The maximum atomic E-state index is 13.7. The molecule has 0 radical (unpaired) electrons. The fourth-order valence-electron chi connectivity index (χ4n) is 3.83. The van der Waals surface area contributed by atoms with Gasteiger partial charge in [-0.15, -0.1) is 0 Å². The number of amides is 2. The quantitative estimate of drug-likeness (QED) is 0.719. The summed E-state index contributed by atoms with van der Waals surface area (Å²) in [7, 11) is 0. The van der Waals surface area contributed by atoms with E-state index >= 15 is 0 Å². The molecule has 1 saturated heterocycles. The molecule has 1 aliphatic heterocycles. The van der Waals surface area contributed by atoms with E-state index in [1.54, 1.807) is 47.8 Å². The molecule has 2 amide bonds. The standard InChI is InChI=1S/C22H24FN5O2/c1-14-4-5-16(12-18(14)23)13-25-21(29)17-6-10-27(11-7-17)22(30)19-15(2)26-28-9-3-8-24-20(19)28/h3-5,8-9,12,17H,6-7,10-11,13H2,1-2H3,(H,25,29). The topological polar surface area (TPSA) is 79.6 Å². The van der Waals surface area contributed by atoms with E-state index in [0.717, 1.165) is 5.56 Å². The van der Waals surface area contributed by atoms with Crippen molar-refractivity contribution in [3.05, 3.63) is 64.9 Å². The number of carbonyl (C=O) groups excluding carboxylic acids is 2. The van der Waals surface area contributed by atoms with Gasteiger partial charge in [-0.3, -0.25) is 9.59 Å². The summed E-state index contributed by atoms with van der Waals surface area (Å²) in [6.07, 6.45) is 4.59. The summed E-state index contributed by atoms with van der Waals surface area (Å²) >= 11 is 0. The fraction of sp³-hybridized carbons (Fsp3) is 0.364. The van der Waals surface area contributed by atoms with Gasteiger partial charge in [-0.1, -0.05) is 12.1 Å². The first-order valence-electron chi connectivity index (χ1n) is 10.1. The third kappa shape index (κ3) is 3.90. The van der Waals surface area contributed by atoms with Crippen LogP contribution in [-0.2, 0) is 11.3 Å². The van der Waals surface area contributed by atoms with Gasteiger partial charge in [0, 0.05) is 37.9 Å². The number of hydrogen-bond acceptors (Lipinski definition) is 4. The molecule has 2 aromatic heterocycles. The Balaban J connectivity index is 1.35. The lowest BCUT2D eigenvalue weighted by molar-refractivity contribution is -0.126. The summed E-state index contributed by atoms with van der Waals surface area (Å²) in [4.78, 5) is 31.6. The molecule has 0 spiro atoms. The van der Waals surface area contributed by atoms with Crippen molar-refractivity contribution in [3.8, 4) is 0 Å². The van der Waals surface area contributed by atoms with E-state index in [0.29, 0.717) is 54.9 Å². The summed E-state index contributed by atoms with van der Waals surface area (Å²) in [6, 6.07) is 6.73. The van der Waals surface area contributed by atoms with Crippen LogP contribution in [0, 0.1) is 25.6 Å². The molecule has 3 heterocycles. The van der Waals surface area contributed by atoms with E-state index in [9.17, 15) is 14.0 Å². The Morgan fingerprint density at radius 2 is 2.00 bits per heavy atom. The van der Waals surface area contributed by atoms with E-state index < -0.39 is 0 Å². The Hall–Kier alpha value is -3.29. The number of nitrogens with one attached hydrogen (secondary N) is 1. The van der Waals surface area contributed by atoms with Gasteiger partial charge in [0.15, 0.2) is 5.65 Å². The summed E-state index contributed by atoms with van der Waals surface area (Å²) in [5, 5.41) is 7.24. The SMILES string of the molecule is Cc1ccc(CNC(=O)C2CCN(C(=O)c3c(C)nn4cccnc34)CC2)cc1F. The van der Waals surface area contributed by atoms with E-state index in [4.69, 9.17) is 0 Å². The van der Waals surface area contributed by atoms with Crippen molar-refractivity contribution in [1.82, 2.24) is 24.8 Å². The van der Waals surface area contributed by atoms with Crippen LogP contribution >= 0.6 is 0 Å². The molecule has 0 saturated carbocycles. The summed E-state index contributed by atoms with van der Waals surface area (Å²) in [6.45, 7) is 4.80. The van der Waals surface area contributed by atoms with Gasteiger partial charge in [-0.25, -0.2) is 13.9 Å². The normalized spacial score (nSPS) is 14.8. The average Bonchev–Trinajstić information content (AvgIpc) is 3.09. The van der Waals surface area contributed by atoms with Crippen molar-refractivity contribution in [3.63, 3.8) is 0 Å². The highest BCUT2D eigenvalue weighted by molar-refractivity contribution is 6.01. The highest BCUT2D eigenvalue weighted by atomic mass is 19.1. The van der Waals surface area contributed by atoms with Crippen LogP contribution in [-0.4, -0.2) is 44.4 Å². The Kier molecular flexibility index (Phi) is 5.48. The van der Waals surface area contributed by atoms with Crippen molar-refractivity contribution >= 4 is 17.5 Å². The maximum absolute atomic E-state index is 13.7. The molecule has 0 atom stereocenters. The Bertz CT molecular complexity index is 1100. The summed E-state index contributed by atoms with van der Waals surface area (Å²) < 4.78 is 15.3. The lowest BCUT2D eigenvalue weighted by Gasteiger charge is -2.31. The fourth-order valence-corrected chi connectivity index (χ4v) is 3.83. The van der Waals surface area contributed by atoms with Gasteiger partial charge in [0.25, 0.3) is 5.91 Å². The molecule has 1 fully saturated rings. The van der Waals surface area contributed by atoms with Gasteiger partial charge in [0.2, 0.25) is 5.91 Å². The molecule has 3 aromatic rings. The highest BCUT2D eigenvalue weighted by Gasteiger charge is 2.30. The third-order valence-corrected chi connectivity index (χ3v) is 5.64. The predicted molar refractivity (Wildman–Crippen MR) is 109 cm³/mol. The number of halogens is 1. The van der Waals surface area contributed by atoms with Crippen molar-refractivity contribution < 1.29 is 14.0 Å². The van der Waals surface area contributed by atoms with Crippen molar-refractivity contribution in [2.75, 3.05) is 13.1 Å². The zero-order valence-electron chi connectivity index (χ0n) is 17.1. The summed E-state index contributed by atoms with van der Waals surface area (Å²) in [5.41, 5.74) is 3.02. The number of hydrogen-bond donors (Lipinski definition) is 1. The predicted octanol–water partition coefficient (Wildman–Crippen LogP) is 2.65. The van der Waals surface area contributed by atoms with Crippen LogP contribution in [0.5, 0.6) is 0 Å². The Morgan fingerprint density at radius 1 is 1.23 bits per heavy atom. The van der Waals surface area contributed by atoms with E-state index in [-0.39, 0.29) is 23.5 Å². The molecule has 1 aromatic carbocycles. The second-order valence-corrected chi connectivity index (χ2v) is 7.72. The van der Waals surface area contributed by atoms with Gasteiger partial charge in [0.05, 0.1) is 5.69 Å². The molecule has 0 aliphatic carbocycles. The van der Waals surface area contributed by atoms with Crippen LogP contribution in [0.1, 0.15) is 40.0 Å². The summed E-state index contributed by atoms with van der Waals surface area (Å²) in [5.74, 6) is -0.592. The monoisotopic (exact) mass is 409 g/mol. The van der Waals surface area contributed by atoms with Crippen molar-refractivity contribution in [2.45, 2.75) is 33.2 Å². The van der Waals surface area contributed by atoms with E-state index in [2.05, 4.69) is 15.4 Å². The molecule has 30 heavy (non-hydrogen) atoms. The van der Waals surface area contributed by atoms with Gasteiger partial charge >= 0.3 is 0 Å². The molecule has 0 unspecified atom stereocenters. The Morgan fingerprint density at radius 3 is 2.73 bits per heavy atom. The molecule has 1 aliphatic rings. The highest BCUT2D eigenvalue weighted by Crippen LogP contribution is 2.22. The smallest absolute Gasteiger partial charge is 0.259 e. The molecule has 0 bridgehead atoms. The molecular weight excluding hydrogens is 385 g/mol. The number of benzene rings is 1. The maximum Gasteiger partial charge on any atom is 0.259 e. The second kappa shape index (κ2) is 8.22.